The molecule has 0 aliphatic heterocycles. The van der Waals surface area contributed by atoms with E-state index in [4.69, 9.17) is 0 Å². The van der Waals surface area contributed by atoms with E-state index in [0.29, 0.717) is 0 Å². The van der Waals surface area contributed by atoms with Crippen molar-refractivity contribution >= 4 is 0 Å². The van der Waals surface area contributed by atoms with Gasteiger partial charge >= 0.3 is 0 Å². The summed E-state index contributed by atoms with van der Waals surface area (Å²) in [5.74, 6) is 0. The van der Waals surface area contributed by atoms with Gasteiger partial charge in [-0.25, -0.2) is 0 Å². The highest BCUT2D eigenvalue weighted by atomic mass is 16.3. The number of hydrogen-bond donors (Lipinski definition) is 1. The number of unbranched alkanes of at least 4 members (excludes halogenated alkanes) is 5. The van der Waals surface area contributed by atoms with Crippen molar-refractivity contribution in [2.45, 2.75) is 97.6 Å². The van der Waals surface area contributed by atoms with Gasteiger partial charge in [-0.1, -0.05) is 66.2 Å². The van der Waals surface area contributed by atoms with Gasteiger partial charge < -0.3 is 5.11 Å². The summed E-state index contributed by atoms with van der Waals surface area (Å²) in [6.07, 6.45) is 9.56. The van der Waals surface area contributed by atoms with Crippen LogP contribution in [-0.4, -0.2) is 34.7 Å². The lowest BCUT2D eigenvalue weighted by Gasteiger charge is -2.43. The van der Waals surface area contributed by atoms with Crippen molar-refractivity contribution in [3.05, 3.63) is 0 Å². The molecule has 2 heteroatoms. The zero-order chi connectivity index (χ0) is 14.7. The molecule has 19 heavy (non-hydrogen) atoms. The number of likely N-dealkylation sites (N-methyl/N-ethyl adjacent to an activating group) is 1. The molecule has 0 aliphatic rings. The van der Waals surface area contributed by atoms with E-state index in [1.807, 2.05) is 0 Å². The highest BCUT2D eigenvalue weighted by molar-refractivity contribution is 4.91. The Kier molecular flexibility index (Phi) is 10.6. The summed E-state index contributed by atoms with van der Waals surface area (Å²) in [5.41, 5.74) is -0.0487. The van der Waals surface area contributed by atoms with Gasteiger partial charge in [0.15, 0.2) is 0 Å². The van der Waals surface area contributed by atoms with Crippen molar-refractivity contribution in [2.75, 3.05) is 13.1 Å². The van der Waals surface area contributed by atoms with Crippen LogP contribution in [0.25, 0.3) is 0 Å². The summed E-state index contributed by atoms with van der Waals surface area (Å²) in [5, 5.41) is 10.6. The van der Waals surface area contributed by atoms with Crippen molar-refractivity contribution in [3.63, 3.8) is 0 Å². The first-order valence-electron chi connectivity index (χ1n) is 8.49. The lowest BCUT2D eigenvalue weighted by atomic mass is 9.86. The summed E-state index contributed by atoms with van der Waals surface area (Å²) in [4.78, 5) is 2.41. The normalized spacial score (nSPS) is 16.6. The molecule has 1 N–H and O–H groups in total. The molecule has 2 unspecified atom stereocenters. The van der Waals surface area contributed by atoms with E-state index in [-0.39, 0.29) is 11.6 Å². The molecule has 0 saturated heterocycles. The minimum Gasteiger partial charge on any atom is -0.391 e. The predicted molar refractivity (Wildman–Crippen MR) is 85.6 cm³/mol. The second-order valence-electron chi connectivity index (χ2n) is 5.96. The number of aliphatic hydroxyl groups is 1. The van der Waals surface area contributed by atoms with Crippen LogP contribution in [0.4, 0.5) is 0 Å². The Morgan fingerprint density at radius 3 is 1.89 bits per heavy atom. The Morgan fingerprint density at radius 2 is 1.42 bits per heavy atom. The van der Waals surface area contributed by atoms with Crippen LogP contribution in [0, 0.1) is 0 Å². The van der Waals surface area contributed by atoms with Crippen molar-refractivity contribution in [3.8, 4) is 0 Å². The van der Waals surface area contributed by atoms with E-state index < -0.39 is 0 Å². The van der Waals surface area contributed by atoms with Crippen molar-refractivity contribution < 1.29 is 5.11 Å². The van der Waals surface area contributed by atoms with Crippen LogP contribution in [0.3, 0.4) is 0 Å². The highest BCUT2D eigenvalue weighted by Gasteiger charge is 2.35. The van der Waals surface area contributed by atoms with Gasteiger partial charge in [-0.2, -0.15) is 0 Å². The Bertz CT molecular complexity index is 203. The van der Waals surface area contributed by atoms with Gasteiger partial charge in [0, 0.05) is 5.54 Å². The van der Waals surface area contributed by atoms with Gasteiger partial charge in [0.2, 0.25) is 0 Å². The maximum Gasteiger partial charge on any atom is 0.0721 e. The van der Waals surface area contributed by atoms with Crippen LogP contribution >= 0.6 is 0 Å². The molecular formula is C17H37NO. The quantitative estimate of drug-likeness (QED) is 0.524. The van der Waals surface area contributed by atoms with Crippen LogP contribution in [0.5, 0.6) is 0 Å². The number of rotatable bonds is 12. The molecule has 0 fully saturated rings. The number of aliphatic hydroxyl groups excluding tert-OH is 1. The average molecular weight is 271 g/mol. The first kappa shape index (κ1) is 18.9. The summed E-state index contributed by atoms with van der Waals surface area (Å²) in [7, 11) is 0. The summed E-state index contributed by atoms with van der Waals surface area (Å²) in [6, 6.07) is 0. The molecule has 0 aromatic heterocycles. The molecule has 2 nitrogen and oxygen atoms in total. The molecule has 116 valence electrons. The molecule has 0 aliphatic carbocycles. The summed E-state index contributed by atoms with van der Waals surface area (Å²) < 4.78 is 0. The zero-order valence-electron chi connectivity index (χ0n) is 14.0. The largest absolute Gasteiger partial charge is 0.391 e. The molecule has 0 aromatic carbocycles. The maximum absolute atomic E-state index is 10.6. The smallest absolute Gasteiger partial charge is 0.0721 e. The third-order valence-corrected chi connectivity index (χ3v) is 4.75. The predicted octanol–water partition coefficient (Wildman–Crippen LogP) is 4.61. The Balaban J connectivity index is 4.10. The zero-order valence-corrected chi connectivity index (χ0v) is 14.0. The average Bonchev–Trinajstić information content (AvgIpc) is 2.43. The molecule has 0 saturated carbocycles. The molecule has 0 heterocycles. The Hall–Kier alpha value is -0.0800. The first-order chi connectivity index (χ1) is 9.06. The molecule has 0 aromatic rings. The minimum absolute atomic E-state index is 0.0487. The van der Waals surface area contributed by atoms with Gasteiger partial charge in [-0.15, -0.1) is 0 Å². The standard InChI is InChI=1S/C17H37NO/c1-6-10-11-12-13-14-15-16(19)17(5,7-2)18(8-3)9-4/h16,19H,6-15H2,1-5H3. The third kappa shape index (κ3) is 6.27. The van der Waals surface area contributed by atoms with E-state index in [2.05, 4.69) is 39.5 Å². The molecule has 0 amide bonds. The molecule has 2 atom stereocenters. The summed E-state index contributed by atoms with van der Waals surface area (Å²) >= 11 is 0. The SMILES string of the molecule is CCCCCCCCC(O)C(C)(CC)N(CC)CC. The van der Waals surface area contributed by atoms with Gasteiger partial charge in [-0.3, -0.25) is 4.90 Å². The molecule has 0 spiro atoms. The highest BCUT2D eigenvalue weighted by Crippen LogP contribution is 2.27. The molecule has 0 radical (unpaired) electrons. The monoisotopic (exact) mass is 271 g/mol. The van der Waals surface area contributed by atoms with E-state index in [1.165, 1.54) is 38.5 Å². The minimum atomic E-state index is -0.191. The van der Waals surface area contributed by atoms with E-state index >= 15 is 0 Å². The number of nitrogens with zero attached hydrogens (tertiary/aromatic N) is 1. The van der Waals surface area contributed by atoms with Crippen molar-refractivity contribution in [1.82, 2.24) is 4.90 Å². The van der Waals surface area contributed by atoms with E-state index in [9.17, 15) is 5.11 Å². The van der Waals surface area contributed by atoms with Gasteiger partial charge in [0.1, 0.15) is 0 Å². The molecular weight excluding hydrogens is 234 g/mol. The fourth-order valence-electron chi connectivity index (χ4n) is 3.04. The Morgan fingerprint density at radius 1 is 0.895 bits per heavy atom. The van der Waals surface area contributed by atoms with Gasteiger partial charge in [0.25, 0.3) is 0 Å². The number of hydrogen-bond acceptors (Lipinski definition) is 2. The molecule has 0 bridgehead atoms. The topological polar surface area (TPSA) is 23.5 Å². The van der Waals surface area contributed by atoms with Crippen LogP contribution in [0.15, 0.2) is 0 Å². The Labute approximate surface area is 121 Å². The molecule has 0 rings (SSSR count). The lowest BCUT2D eigenvalue weighted by Crippen LogP contribution is -2.54. The first-order valence-corrected chi connectivity index (χ1v) is 8.49. The van der Waals surface area contributed by atoms with Crippen molar-refractivity contribution in [2.24, 2.45) is 0 Å². The summed E-state index contributed by atoms with van der Waals surface area (Å²) in [6.45, 7) is 13.1. The fraction of sp³-hybridized carbons (Fsp3) is 1.00. The second-order valence-corrected chi connectivity index (χ2v) is 5.96. The van der Waals surface area contributed by atoms with Crippen LogP contribution in [0.1, 0.15) is 86.0 Å². The third-order valence-electron chi connectivity index (χ3n) is 4.75. The van der Waals surface area contributed by atoms with Gasteiger partial charge in [-0.05, 0) is 32.9 Å². The van der Waals surface area contributed by atoms with Gasteiger partial charge in [0.05, 0.1) is 6.10 Å². The fourth-order valence-corrected chi connectivity index (χ4v) is 3.04. The lowest BCUT2D eigenvalue weighted by molar-refractivity contribution is -0.0248. The second kappa shape index (κ2) is 10.7. The van der Waals surface area contributed by atoms with Crippen LogP contribution in [0.2, 0.25) is 0 Å². The van der Waals surface area contributed by atoms with Crippen molar-refractivity contribution in [1.29, 1.82) is 0 Å². The maximum atomic E-state index is 10.6. The van der Waals surface area contributed by atoms with E-state index in [0.717, 1.165) is 25.9 Å². The van der Waals surface area contributed by atoms with Crippen LogP contribution in [-0.2, 0) is 0 Å². The van der Waals surface area contributed by atoms with Crippen LogP contribution < -0.4 is 0 Å². The van der Waals surface area contributed by atoms with E-state index in [1.54, 1.807) is 0 Å².